The topological polar surface area (TPSA) is 64.3 Å². The van der Waals surface area contributed by atoms with Crippen molar-refractivity contribution in [3.8, 4) is 11.8 Å². The highest BCUT2D eigenvalue weighted by molar-refractivity contribution is 5.96. The minimum absolute atomic E-state index is 0.0766. The second-order valence-electron chi connectivity index (χ2n) is 5.46. The zero-order valence-electron chi connectivity index (χ0n) is 12.7. The second kappa shape index (κ2) is 6.75. The third kappa shape index (κ3) is 3.63. The van der Waals surface area contributed by atoms with E-state index in [1.807, 2.05) is 25.1 Å². The van der Waals surface area contributed by atoms with E-state index in [0.29, 0.717) is 18.7 Å². The number of amides is 1. The Labute approximate surface area is 126 Å². The fourth-order valence-electron chi connectivity index (χ4n) is 2.46. The third-order valence-electron chi connectivity index (χ3n) is 4.09. The maximum atomic E-state index is 12.4. The molecule has 21 heavy (non-hydrogen) atoms. The summed E-state index contributed by atoms with van der Waals surface area (Å²) >= 11 is 0. The second-order valence-corrected chi connectivity index (χ2v) is 5.46. The molecule has 0 saturated heterocycles. The van der Waals surface area contributed by atoms with E-state index < -0.39 is 0 Å². The monoisotopic (exact) mass is 286 g/mol. The van der Waals surface area contributed by atoms with Crippen molar-refractivity contribution in [1.82, 2.24) is 5.32 Å². The summed E-state index contributed by atoms with van der Waals surface area (Å²) in [6.07, 6.45) is 3.17. The van der Waals surface area contributed by atoms with Crippen LogP contribution in [0.25, 0.3) is 0 Å². The van der Waals surface area contributed by atoms with Gasteiger partial charge in [-0.05, 0) is 43.9 Å². The van der Waals surface area contributed by atoms with Crippen LogP contribution in [0.2, 0.25) is 0 Å². The van der Waals surface area contributed by atoms with E-state index in [0.717, 1.165) is 30.4 Å². The summed E-state index contributed by atoms with van der Waals surface area (Å²) in [5.41, 5.74) is 7.60. The van der Waals surface area contributed by atoms with Crippen molar-refractivity contribution in [2.45, 2.75) is 31.8 Å². The maximum absolute atomic E-state index is 12.4. The number of nitrogens with one attached hydrogen (secondary N) is 1. The molecular formula is C17H22N2O2. The standard InChI is InChI=1S/C17H22N2O2/c1-13-6-7-14(5-3-10-18)11-15(13)16(20)19-12-17(21-2)8-4-9-17/h6-7,11H,4,8-10,12,18H2,1-2H3,(H,19,20). The fraction of sp³-hybridized carbons (Fsp3) is 0.471. The summed E-state index contributed by atoms with van der Waals surface area (Å²) in [6, 6.07) is 5.62. The highest BCUT2D eigenvalue weighted by Crippen LogP contribution is 2.34. The first-order chi connectivity index (χ1) is 10.1. The minimum atomic E-state index is -0.166. The summed E-state index contributed by atoms with van der Waals surface area (Å²) in [6.45, 7) is 2.79. The van der Waals surface area contributed by atoms with Gasteiger partial charge >= 0.3 is 0 Å². The molecule has 1 saturated carbocycles. The van der Waals surface area contributed by atoms with Crippen LogP contribution in [0.15, 0.2) is 18.2 Å². The molecule has 0 atom stereocenters. The van der Waals surface area contributed by atoms with Gasteiger partial charge in [0.1, 0.15) is 0 Å². The van der Waals surface area contributed by atoms with Gasteiger partial charge in [0.2, 0.25) is 0 Å². The lowest BCUT2D eigenvalue weighted by Crippen LogP contribution is -2.49. The number of rotatable bonds is 4. The van der Waals surface area contributed by atoms with Gasteiger partial charge in [0, 0.05) is 24.8 Å². The molecule has 0 heterocycles. The van der Waals surface area contributed by atoms with Gasteiger partial charge in [0.25, 0.3) is 5.91 Å². The summed E-state index contributed by atoms with van der Waals surface area (Å²) in [4.78, 5) is 12.4. The Balaban J connectivity index is 2.07. The molecule has 1 aromatic rings. The quantitative estimate of drug-likeness (QED) is 0.826. The van der Waals surface area contributed by atoms with Gasteiger partial charge in [-0.2, -0.15) is 0 Å². The largest absolute Gasteiger partial charge is 0.376 e. The van der Waals surface area contributed by atoms with Gasteiger partial charge in [-0.15, -0.1) is 0 Å². The first-order valence-electron chi connectivity index (χ1n) is 7.23. The lowest BCUT2D eigenvalue weighted by Gasteiger charge is -2.40. The van der Waals surface area contributed by atoms with Gasteiger partial charge in [-0.3, -0.25) is 4.79 Å². The van der Waals surface area contributed by atoms with Crippen LogP contribution in [0.1, 0.15) is 40.7 Å². The van der Waals surface area contributed by atoms with E-state index in [1.54, 1.807) is 7.11 Å². The molecular weight excluding hydrogens is 264 g/mol. The van der Waals surface area contributed by atoms with Crippen LogP contribution < -0.4 is 11.1 Å². The number of nitrogens with two attached hydrogens (primary N) is 1. The molecule has 4 heteroatoms. The lowest BCUT2D eigenvalue weighted by atomic mass is 9.80. The number of hydrogen-bond acceptors (Lipinski definition) is 3. The summed E-state index contributed by atoms with van der Waals surface area (Å²) in [5.74, 6) is 5.68. The van der Waals surface area contributed by atoms with E-state index in [1.165, 1.54) is 0 Å². The molecule has 0 spiro atoms. The average Bonchev–Trinajstić information content (AvgIpc) is 2.45. The molecule has 0 unspecified atom stereocenters. The molecule has 3 N–H and O–H groups in total. The summed E-state index contributed by atoms with van der Waals surface area (Å²) in [7, 11) is 1.71. The van der Waals surface area contributed by atoms with Crippen molar-refractivity contribution >= 4 is 5.91 Å². The highest BCUT2D eigenvalue weighted by Gasteiger charge is 2.37. The molecule has 1 aliphatic rings. The SMILES string of the molecule is COC1(CNC(=O)c2cc(C#CCN)ccc2C)CCC1. The first kappa shape index (κ1) is 15.6. The molecule has 2 rings (SSSR count). The molecule has 1 amide bonds. The number of benzene rings is 1. The normalized spacial score (nSPS) is 15.6. The van der Waals surface area contributed by atoms with Crippen LogP contribution in [0.5, 0.6) is 0 Å². The van der Waals surface area contributed by atoms with Crippen molar-refractivity contribution in [1.29, 1.82) is 0 Å². The zero-order chi connectivity index (χ0) is 15.3. The first-order valence-corrected chi connectivity index (χ1v) is 7.23. The predicted octanol–water partition coefficient (Wildman–Crippen LogP) is 1.60. The van der Waals surface area contributed by atoms with Crippen molar-refractivity contribution in [3.63, 3.8) is 0 Å². The van der Waals surface area contributed by atoms with Crippen LogP contribution in [-0.4, -0.2) is 31.7 Å². The van der Waals surface area contributed by atoms with Crippen molar-refractivity contribution < 1.29 is 9.53 Å². The summed E-state index contributed by atoms with van der Waals surface area (Å²) < 4.78 is 5.52. The van der Waals surface area contributed by atoms with Gasteiger partial charge in [0.05, 0.1) is 12.1 Å². The van der Waals surface area contributed by atoms with Crippen LogP contribution in [0.4, 0.5) is 0 Å². The number of methoxy groups -OCH3 is 1. The Bertz CT molecular complexity index is 575. The Kier molecular flexibility index (Phi) is 5.00. The third-order valence-corrected chi connectivity index (χ3v) is 4.09. The van der Waals surface area contributed by atoms with Crippen LogP contribution >= 0.6 is 0 Å². The van der Waals surface area contributed by atoms with Gasteiger partial charge in [-0.1, -0.05) is 17.9 Å². The Morgan fingerprint density at radius 2 is 2.24 bits per heavy atom. The number of ether oxygens (including phenoxy) is 1. The van der Waals surface area contributed by atoms with E-state index >= 15 is 0 Å². The number of carbonyl (C=O) groups is 1. The van der Waals surface area contributed by atoms with Gasteiger partial charge in [0.15, 0.2) is 0 Å². The Morgan fingerprint density at radius 1 is 1.48 bits per heavy atom. The number of aryl methyl sites for hydroxylation is 1. The molecule has 4 nitrogen and oxygen atoms in total. The Hall–Kier alpha value is -1.83. The number of carbonyl (C=O) groups excluding carboxylic acids is 1. The molecule has 112 valence electrons. The van der Waals surface area contributed by atoms with Crippen molar-refractivity contribution in [2.75, 3.05) is 20.2 Å². The molecule has 1 aliphatic carbocycles. The highest BCUT2D eigenvalue weighted by atomic mass is 16.5. The molecule has 1 aromatic carbocycles. The molecule has 1 fully saturated rings. The lowest BCUT2D eigenvalue weighted by molar-refractivity contribution is -0.0679. The van der Waals surface area contributed by atoms with E-state index in [-0.39, 0.29) is 11.5 Å². The zero-order valence-corrected chi connectivity index (χ0v) is 12.7. The van der Waals surface area contributed by atoms with Crippen LogP contribution in [0.3, 0.4) is 0 Å². The van der Waals surface area contributed by atoms with Crippen molar-refractivity contribution in [2.24, 2.45) is 5.73 Å². The molecule has 0 aromatic heterocycles. The smallest absolute Gasteiger partial charge is 0.251 e. The number of hydrogen-bond donors (Lipinski definition) is 2. The minimum Gasteiger partial charge on any atom is -0.376 e. The van der Waals surface area contributed by atoms with Crippen molar-refractivity contribution in [3.05, 3.63) is 34.9 Å². The molecule has 0 bridgehead atoms. The van der Waals surface area contributed by atoms with E-state index in [2.05, 4.69) is 17.2 Å². The van der Waals surface area contributed by atoms with Gasteiger partial charge in [-0.25, -0.2) is 0 Å². The molecule has 0 radical (unpaired) electrons. The predicted molar refractivity (Wildman–Crippen MR) is 83.0 cm³/mol. The maximum Gasteiger partial charge on any atom is 0.251 e. The fourth-order valence-corrected chi connectivity index (χ4v) is 2.46. The average molecular weight is 286 g/mol. The van der Waals surface area contributed by atoms with Crippen LogP contribution in [-0.2, 0) is 4.74 Å². The van der Waals surface area contributed by atoms with Gasteiger partial charge < -0.3 is 15.8 Å². The van der Waals surface area contributed by atoms with Crippen LogP contribution in [0, 0.1) is 18.8 Å². The van der Waals surface area contributed by atoms with E-state index in [4.69, 9.17) is 10.5 Å². The Morgan fingerprint density at radius 3 is 2.81 bits per heavy atom. The summed E-state index contributed by atoms with van der Waals surface area (Å²) in [5, 5.41) is 2.98. The van der Waals surface area contributed by atoms with E-state index in [9.17, 15) is 4.79 Å². The molecule has 0 aliphatic heterocycles.